The number of fused-ring (bicyclic) bond motifs is 1. The molecule has 0 aliphatic carbocycles. The Balaban J connectivity index is 1.55. The number of rotatable bonds is 5. The van der Waals surface area contributed by atoms with E-state index in [1.54, 1.807) is 11.6 Å². The van der Waals surface area contributed by atoms with Crippen molar-refractivity contribution in [2.75, 3.05) is 30.4 Å². The van der Waals surface area contributed by atoms with Gasteiger partial charge in [0.2, 0.25) is 0 Å². The predicted molar refractivity (Wildman–Crippen MR) is 93.6 cm³/mol. The molecule has 3 aromatic heterocycles. The summed E-state index contributed by atoms with van der Waals surface area (Å²) in [5.41, 5.74) is 2.00. The summed E-state index contributed by atoms with van der Waals surface area (Å²) < 4.78 is 8.79. The highest BCUT2D eigenvalue weighted by molar-refractivity contribution is 5.48. The Hall–Kier alpha value is -2.68. The molecule has 3 aromatic rings. The fourth-order valence-electron chi connectivity index (χ4n) is 3.30. The van der Waals surface area contributed by atoms with E-state index in [2.05, 4.69) is 36.6 Å². The Bertz CT molecular complexity index is 857. The smallest absolute Gasteiger partial charge is 0.254 e. The molecule has 1 N–H and O–H groups in total. The van der Waals surface area contributed by atoms with E-state index in [-0.39, 0.29) is 0 Å². The Morgan fingerprint density at radius 1 is 1.36 bits per heavy atom. The van der Waals surface area contributed by atoms with Crippen LogP contribution in [0.15, 0.2) is 24.8 Å². The highest BCUT2D eigenvalue weighted by Gasteiger charge is 2.22. The summed E-state index contributed by atoms with van der Waals surface area (Å²) in [5, 5.41) is 12.2. The molecule has 0 aromatic carbocycles. The Morgan fingerprint density at radius 3 is 3.08 bits per heavy atom. The average molecular weight is 342 g/mol. The minimum atomic E-state index is 0.319. The largest absolute Gasteiger partial charge is 0.378 e. The summed E-state index contributed by atoms with van der Waals surface area (Å²) in [5.74, 6) is 1.48. The standard InChI is InChI=1S/C16H22N8O/c1-22-9-14(7-18-22)23-5-3-4-12(8-23)20-15-6-13(10-25-2)21-16-17-11-19-24(15)16/h6-7,9,11-12,20H,3-5,8,10H2,1-2H3. The SMILES string of the molecule is COCc1cc(NC2CCCN(c3cnn(C)c3)C2)n2ncnc2n1. The van der Waals surface area contributed by atoms with Gasteiger partial charge < -0.3 is 15.0 Å². The van der Waals surface area contributed by atoms with E-state index in [0.29, 0.717) is 18.4 Å². The molecule has 1 fully saturated rings. The summed E-state index contributed by atoms with van der Waals surface area (Å²) in [4.78, 5) is 11.0. The quantitative estimate of drug-likeness (QED) is 0.743. The molecule has 9 heteroatoms. The molecular formula is C16H22N8O. The number of nitrogens with zero attached hydrogens (tertiary/aromatic N) is 7. The third-order valence-electron chi connectivity index (χ3n) is 4.43. The first-order valence-corrected chi connectivity index (χ1v) is 8.41. The van der Waals surface area contributed by atoms with Crippen LogP contribution in [0.25, 0.3) is 5.78 Å². The van der Waals surface area contributed by atoms with Crippen molar-refractivity contribution in [2.24, 2.45) is 7.05 Å². The summed E-state index contributed by atoms with van der Waals surface area (Å²) in [6.07, 6.45) is 7.73. The molecule has 1 atom stereocenters. The number of hydrogen-bond donors (Lipinski definition) is 1. The lowest BCUT2D eigenvalue weighted by atomic mass is 10.1. The fourth-order valence-corrected chi connectivity index (χ4v) is 3.30. The van der Waals surface area contributed by atoms with Gasteiger partial charge in [-0.05, 0) is 12.8 Å². The molecule has 25 heavy (non-hydrogen) atoms. The Labute approximate surface area is 145 Å². The molecular weight excluding hydrogens is 320 g/mol. The minimum absolute atomic E-state index is 0.319. The first-order valence-electron chi connectivity index (χ1n) is 8.41. The number of ether oxygens (including phenoxy) is 1. The van der Waals surface area contributed by atoms with E-state index in [1.807, 2.05) is 24.0 Å². The zero-order valence-electron chi connectivity index (χ0n) is 14.5. The van der Waals surface area contributed by atoms with E-state index < -0.39 is 0 Å². The topological polar surface area (TPSA) is 85.4 Å². The van der Waals surface area contributed by atoms with E-state index in [0.717, 1.165) is 43.1 Å². The van der Waals surface area contributed by atoms with Gasteiger partial charge in [0, 0.05) is 45.6 Å². The van der Waals surface area contributed by atoms with Crippen molar-refractivity contribution in [2.45, 2.75) is 25.5 Å². The maximum absolute atomic E-state index is 5.21. The van der Waals surface area contributed by atoms with E-state index in [9.17, 15) is 0 Å². The summed E-state index contributed by atoms with van der Waals surface area (Å²) in [6, 6.07) is 2.30. The maximum Gasteiger partial charge on any atom is 0.254 e. The molecule has 0 spiro atoms. The number of nitrogens with one attached hydrogen (secondary N) is 1. The van der Waals surface area contributed by atoms with Crippen LogP contribution in [0.1, 0.15) is 18.5 Å². The first kappa shape index (κ1) is 15.8. The van der Waals surface area contributed by atoms with Crippen LogP contribution >= 0.6 is 0 Å². The van der Waals surface area contributed by atoms with Crippen molar-refractivity contribution in [3.63, 3.8) is 0 Å². The first-order chi connectivity index (χ1) is 12.2. The van der Waals surface area contributed by atoms with Gasteiger partial charge in [0.15, 0.2) is 0 Å². The van der Waals surface area contributed by atoms with Crippen LogP contribution in [0.3, 0.4) is 0 Å². The van der Waals surface area contributed by atoms with Gasteiger partial charge in [-0.3, -0.25) is 4.68 Å². The molecule has 4 heterocycles. The van der Waals surface area contributed by atoms with Gasteiger partial charge in [-0.15, -0.1) is 0 Å². The number of hydrogen-bond acceptors (Lipinski definition) is 7. The fraction of sp³-hybridized carbons (Fsp3) is 0.500. The normalized spacial score (nSPS) is 18.0. The third-order valence-corrected chi connectivity index (χ3v) is 4.43. The molecule has 1 aliphatic rings. The molecule has 0 bridgehead atoms. The van der Waals surface area contributed by atoms with Crippen LogP contribution < -0.4 is 10.2 Å². The van der Waals surface area contributed by atoms with Crippen molar-refractivity contribution in [3.8, 4) is 0 Å². The van der Waals surface area contributed by atoms with Crippen molar-refractivity contribution in [3.05, 3.63) is 30.5 Å². The molecule has 4 rings (SSSR count). The second-order valence-electron chi connectivity index (χ2n) is 6.34. The lowest BCUT2D eigenvalue weighted by molar-refractivity contribution is 0.181. The molecule has 132 valence electrons. The van der Waals surface area contributed by atoms with Crippen molar-refractivity contribution in [1.82, 2.24) is 29.4 Å². The third kappa shape index (κ3) is 3.27. The number of piperidine rings is 1. The minimum Gasteiger partial charge on any atom is -0.378 e. The Kier molecular flexibility index (Phi) is 4.22. The molecule has 0 radical (unpaired) electrons. The number of aryl methyl sites for hydroxylation is 1. The Morgan fingerprint density at radius 2 is 2.28 bits per heavy atom. The van der Waals surface area contributed by atoms with E-state index in [1.165, 1.54) is 6.33 Å². The second-order valence-corrected chi connectivity index (χ2v) is 6.34. The number of methoxy groups -OCH3 is 1. The molecule has 1 aliphatic heterocycles. The van der Waals surface area contributed by atoms with Crippen molar-refractivity contribution < 1.29 is 4.74 Å². The average Bonchev–Trinajstić information content (AvgIpc) is 3.24. The van der Waals surface area contributed by atoms with Gasteiger partial charge in [0.25, 0.3) is 5.78 Å². The molecule has 1 saturated heterocycles. The molecule has 0 amide bonds. The summed E-state index contributed by atoms with van der Waals surface area (Å²) in [7, 11) is 3.61. The van der Waals surface area contributed by atoms with Crippen LogP contribution in [0.4, 0.5) is 11.5 Å². The maximum atomic E-state index is 5.21. The molecule has 1 unspecified atom stereocenters. The lowest BCUT2D eigenvalue weighted by Crippen LogP contribution is -2.42. The van der Waals surface area contributed by atoms with Gasteiger partial charge in [-0.25, -0.2) is 4.98 Å². The van der Waals surface area contributed by atoms with Gasteiger partial charge in [0.1, 0.15) is 12.1 Å². The van der Waals surface area contributed by atoms with Gasteiger partial charge >= 0.3 is 0 Å². The zero-order valence-corrected chi connectivity index (χ0v) is 14.5. The van der Waals surface area contributed by atoms with Crippen LogP contribution in [0, 0.1) is 0 Å². The van der Waals surface area contributed by atoms with E-state index >= 15 is 0 Å². The lowest BCUT2D eigenvalue weighted by Gasteiger charge is -2.34. The van der Waals surface area contributed by atoms with Crippen LogP contribution in [-0.4, -0.2) is 55.6 Å². The van der Waals surface area contributed by atoms with Crippen molar-refractivity contribution in [1.29, 1.82) is 0 Å². The zero-order chi connectivity index (χ0) is 17.2. The van der Waals surface area contributed by atoms with Gasteiger partial charge in [-0.2, -0.15) is 19.7 Å². The summed E-state index contributed by atoms with van der Waals surface area (Å²) >= 11 is 0. The van der Waals surface area contributed by atoms with Gasteiger partial charge in [-0.1, -0.05) is 0 Å². The monoisotopic (exact) mass is 342 g/mol. The van der Waals surface area contributed by atoms with Crippen LogP contribution in [-0.2, 0) is 18.4 Å². The van der Waals surface area contributed by atoms with Crippen molar-refractivity contribution >= 4 is 17.3 Å². The molecule has 0 saturated carbocycles. The summed E-state index contributed by atoms with van der Waals surface area (Å²) in [6.45, 7) is 2.42. The number of aromatic nitrogens is 6. The molecule has 9 nitrogen and oxygen atoms in total. The van der Waals surface area contributed by atoms with Gasteiger partial charge in [0.05, 0.1) is 24.2 Å². The van der Waals surface area contributed by atoms with Crippen LogP contribution in [0.5, 0.6) is 0 Å². The second kappa shape index (κ2) is 6.67. The van der Waals surface area contributed by atoms with Crippen LogP contribution in [0.2, 0.25) is 0 Å². The highest BCUT2D eigenvalue weighted by Crippen LogP contribution is 2.22. The van der Waals surface area contributed by atoms with E-state index in [4.69, 9.17) is 4.74 Å². The predicted octanol–water partition coefficient (Wildman–Crippen LogP) is 1.09. The number of anilines is 2. The highest BCUT2D eigenvalue weighted by atomic mass is 16.5.